The predicted molar refractivity (Wildman–Crippen MR) is 111 cm³/mol. The molecule has 0 aliphatic rings. The third-order valence-electron chi connectivity index (χ3n) is 3.70. The third kappa shape index (κ3) is 5.99. The largest absolute Gasteiger partial charge is 0.492 e. The Morgan fingerprint density at radius 2 is 1.89 bits per heavy atom. The highest BCUT2D eigenvalue weighted by atomic mass is 32.2. The molecule has 2 aromatic rings. The number of aromatic nitrogens is 1. The molecule has 0 aliphatic carbocycles. The number of hydrogen-bond acceptors (Lipinski definition) is 6. The van der Waals surface area contributed by atoms with Crippen LogP contribution in [0.3, 0.4) is 0 Å². The van der Waals surface area contributed by atoms with Crippen molar-refractivity contribution >= 4 is 29.3 Å². The number of esters is 1. The first-order chi connectivity index (χ1) is 13.5. The van der Waals surface area contributed by atoms with Crippen LogP contribution in [0.5, 0.6) is 5.75 Å². The number of ether oxygens (including phenoxy) is 2. The Hall–Kier alpha value is -2.54. The van der Waals surface area contributed by atoms with Gasteiger partial charge in [-0.05, 0) is 51.5 Å². The molecule has 1 atom stereocenters. The molecule has 1 aromatic heterocycles. The number of para-hydroxylation sites is 2. The average molecular weight is 403 g/mol. The summed E-state index contributed by atoms with van der Waals surface area (Å²) in [5.74, 6) is 0.00766. The monoisotopic (exact) mass is 402 g/mol. The number of carbonyl (C=O) groups is 2. The Balaban J connectivity index is 2.17. The van der Waals surface area contributed by atoms with Gasteiger partial charge in [0.25, 0.3) is 0 Å². The van der Waals surface area contributed by atoms with Crippen LogP contribution in [0.2, 0.25) is 0 Å². The molecule has 0 bridgehead atoms. The maximum absolute atomic E-state index is 12.8. The summed E-state index contributed by atoms with van der Waals surface area (Å²) in [6.45, 7) is 7.90. The van der Waals surface area contributed by atoms with Crippen molar-refractivity contribution in [2.75, 3.05) is 11.9 Å². The van der Waals surface area contributed by atoms with Crippen LogP contribution in [0.25, 0.3) is 0 Å². The van der Waals surface area contributed by atoms with Crippen LogP contribution in [0.15, 0.2) is 47.6 Å². The number of rotatable bonds is 9. The van der Waals surface area contributed by atoms with Crippen molar-refractivity contribution in [3.05, 3.63) is 48.2 Å². The Labute approximate surface area is 170 Å². The minimum atomic E-state index is -0.442. The summed E-state index contributed by atoms with van der Waals surface area (Å²) in [4.78, 5) is 29.5. The number of amides is 1. The normalized spacial score (nSPS) is 11.8. The molecule has 2 rings (SSSR count). The smallest absolute Gasteiger partial charge is 0.341 e. The lowest BCUT2D eigenvalue weighted by molar-refractivity contribution is -0.115. The molecular formula is C21H26N2O4S. The molecular weight excluding hydrogens is 376 g/mol. The molecule has 1 unspecified atom stereocenters. The fraction of sp³-hybridized carbons (Fsp3) is 0.381. The van der Waals surface area contributed by atoms with E-state index >= 15 is 0 Å². The molecule has 6 nitrogen and oxygen atoms in total. The molecule has 7 heteroatoms. The van der Waals surface area contributed by atoms with E-state index in [0.717, 1.165) is 0 Å². The van der Waals surface area contributed by atoms with Gasteiger partial charge in [0.2, 0.25) is 5.91 Å². The number of benzene rings is 1. The Kier molecular flexibility index (Phi) is 8.32. The molecule has 0 radical (unpaired) electrons. The van der Waals surface area contributed by atoms with Crippen molar-refractivity contribution in [1.82, 2.24) is 4.98 Å². The summed E-state index contributed by atoms with van der Waals surface area (Å²) in [6, 6.07) is 10.6. The molecule has 1 aromatic carbocycles. The highest BCUT2D eigenvalue weighted by Crippen LogP contribution is 2.30. The van der Waals surface area contributed by atoms with Gasteiger partial charge in [-0.2, -0.15) is 0 Å². The van der Waals surface area contributed by atoms with Crippen LogP contribution in [0, 0.1) is 0 Å². The van der Waals surface area contributed by atoms with Gasteiger partial charge in [0.05, 0.1) is 29.2 Å². The second kappa shape index (κ2) is 10.7. The Bertz CT molecular complexity index is 810. The second-order valence-electron chi connectivity index (χ2n) is 6.24. The second-order valence-corrected chi connectivity index (χ2v) is 7.43. The highest BCUT2D eigenvalue weighted by Gasteiger charge is 2.24. The molecule has 1 heterocycles. The Morgan fingerprint density at radius 1 is 1.14 bits per heavy atom. The van der Waals surface area contributed by atoms with Gasteiger partial charge in [0, 0.05) is 6.20 Å². The topological polar surface area (TPSA) is 77.5 Å². The predicted octanol–water partition coefficient (Wildman–Crippen LogP) is 4.55. The minimum absolute atomic E-state index is 0.173. The minimum Gasteiger partial charge on any atom is -0.492 e. The van der Waals surface area contributed by atoms with Crippen molar-refractivity contribution in [1.29, 1.82) is 0 Å². The number of carbonyl (C=O) groups excluding carboxylic acids is 2. The lowest BCUT2D eigenvalue weighted by Crippen LogP contribution is -2.25. The van der Waals surface area contributed by atoms with E-state index in [1.807, 2.05) is 32.0 Å². The van der Waals surface area contributed by atoms with Crippen molar-refractivity contribution < 1.29 is 19.1 Å². The van der Waals surface area contributed by atoms with Crippen LogP contribution in [-0.4, -0.2) is 34.8 Å². The summed E-state index contributed by atoms with van der Waals surface area (Å²) < 4.78 is 10.8. The summed E-state index contributed by atoms with van der Waals surface area (Å²) in [5, 5.41) is 2.98. The van der Waals surface area contributed by atoms with E-state index in [0.29, 0.717) is 35.1 Å². The molecule has 0 aliphatic heterocycles. The van der Waals surface area contributed by atoms with E-state index in [9.17, 15) is 9.59 Å². The standard InChI is InChI=1S/C21H26N2O4S/c1-5-18(19(24)23-16-11-7-8-12-17(16)26-6-2)28-20-15(10-9-13-22-20)21(25)27-14(3)4/h7-14,18H,5-6H2,1-4H3,(H,23,24). The number of pyridine rings is 1. The van der Waals surface area contributed by atoms with Gasteiger partial charge in [-0.25, -0.2) is 9.78 Å². The molecule has 1 N–H and O–H groups in total. The molecule has 1 amide bonds. The van der Waals surface area contributed by atoms with Crippen LogP contribution < -0.4 is 10.1 Å². The number of hydrogen-bond donors (Lipinski definition) is 1. The maximum Gasteiger partial charge on any atom is 0.341 e. The van der Waals surface area contributed by atoms with Gasteiger partial charge in [0.1, 0.15) is 10.8 Å². The van der Waals surface area contributed by atoms with E-state index in [1.54, 1.807) is 38.2 Å². The molecule has 150 valence electrons. The van der Waals surface area contributed by atoms with Gasteiger partial charge in [-0.1, -0.05) is 30.8 Å². The van der Waals surface area contributed by atoms with E-state index in [4.69, 9.17) is 9.47 Å². The van der Waals surface area contributed by atoms with Crippen LogP contribution >= 0.6 is 11.8 Å². The quantitative estimate of drug-likeness (QED) is 0.490. The molecule has 0 fully saturated rings. The van der Waals surface area contributed by atoms with Crippen LogP contribution in [0.1, 0.15) is 44.5 Å². The highest BCUT2D eigenvalue weighted by molar-refractivity contribution is 8.00. The van der Waals surface area contributed by atoms with Crippen molar-refractivity contribution in [3.8, 4) is 5.75 Å². The van der Waals surface area contributed by atoms with Gasteiger partial charge >= 0.3 is 5.97 Å². The summed E-state index contributed by atoms with van der Waals surface area (Å²) >= 11 is 1.25. The van der Waals surface area contributed by atoms with E-state index < -0.39 is 11.2 Å². The lowest BCUT2D eigenvalue weighted by atomic mass is 10.2. The summed E-state index contributed by atoms with van der Waals surface area (Å²) in [5.41, 5.74) is 0.982. The molecule has 0 saturated heterocycles. The summed E-state index contributed by atoms with van der Waals surface area (Å²) in [6.07, 6.45) is 1.94. The zero-order chi connectivity index (χ0) is 20.5. The number of nitrogens with zero attached hydrogens (tertiary/aromatic N) is 1. The van der Waals surface area contributed by atoms with Gasteiger partial charge in [-0.15, -0.1) is 0 Å². The Morgan fingerprint density at radius 3 is 2.57 bits per heavy atom. The number of thioether (sulfide) groups is 1. The van der Waals surface area contributed by atoms with Crippen molar-refractivity contribution in [2.24, 2.45) is 0 Å². The average Bonchev–Trinajstić information content (AvgIpc) is 2.67. The number of nitrogens with one attached hydrogen (secondary N) is 1. The van der Waals surface area contributed by atoms with E-state index in [-0.39, 0.29) is 12.0 Å². The van der Waals surface area contributed by atoms with Gasteiger partial charge in [-0.3, -0.25) is 4.79 Å². The fourth-order valence-electron chi connectivity index (χ4n) is 2.44. The first-order valence-corrected chi connectivity index (χ1v) is 10.2. The first-order valence-electron chi connectivity index (χ1n) is 9.31. The van der Waals surface area contributed by atoms with Crippen LogP contribution in [-0.2, 0) is 9.53 Å². The zero-order valence-electron chi connectivity index (χ0n) is 16.6. The van der Waals surface area contributed by atoms with Gasteiger partial charge in [0.15, 0.2) is 0 Å². The van der Waals surface area contributed by atoms with E-state index in [2.05, 4.69) is 10.3 Å². The molecule has 28 heavy (non-hydrogen) atoms. The van der Waals surface area contributed by atoms with E-state index in [1.165, 1.54) is 11.8 Å². The lowest BCUT2D eigenvalue weighted by Gasteiger charge is -2.17. The fourth-order valence-corrected chi connectivity index (χ4v) is 3.44. The number of anilines is 1. The molecule has 0 saturated carbocycles. The SMILES string of the molecule is CCOc1ccccc1NC(=O)C(CC)Sc1ncccc1C(=O)OC(C)C. The zero-order valence-corrected chi connectivity index (χ0v) is 17.4. The molecule has 0 spiro atoms. The van der Waals surface area contributed by atoms with Crippen molar-refractivity contribution in [3.63, 3.8) is 0 Å². The van der Waals surface area contributed by atoms with Crippen LogP contribution in [0.4, 0.5) is 5.69 Å². The third-order valence-corrected chi connectivity index (χ3v) is 5.08. The first kappa shape index (κ1) is 21.8. The summed E-state index contributed by atoms with van der Waals surface area (Å²) in [7, 11) is 0. The van der Waals surface area contributed by atoms with Crippen molar-refractivity contribution in [2.45, 2.75) is 50.5 Å². The maximum atomic E-state index is 12.8. The van der Waals surface area contributed by atoms with Gasteiger partial charge < -0.3 is 14.8 Å².